The largest absolute Gasteiger partial charge is 0.457 e. The number of carbonyl (C=O) groups excluding carboxylic acids is 1. The molecule has 0 spiro atoms. The van der Waals surface area contributed by atoms with Crippen LogP contribution in [0.4, 0.5) is 5.69 Å². The van der Waals surface area contributed by atoms with E-state index < -0.39 is 21.6 Å². The van der Waals surface area contributed by atoms with Crippen LogP contribution in [0.2, 0.25) is 0 Å². The number of carbonyl (C=O) groups is 1. The molecule has 4 aromatic rings. The molecule has 7 nitrogen and oxygen atoms in total. The Balaban J connectivity index is 1.47. The predicted molar refractivity (Wildman–Crippen MR) is 125 cm³/mol. The Kier molecular flexibility index (Phi) is 6.02. The monoisotopic (exact) mass is 463 g/mol. The SMILES string of the molecule is Cc1ccc(NS(=O)(=O)c2ccc(C(=O)OCc3cc(=O)oc4cc(C)ccc34)cc2)cc1. The Hall–Kier alpha value is -3.91. The van der Waals surface area contributed by atoms with Crippen molar-refractivity contribution < 1.29 is 22.4 Å². The molecule has 0 saturated heterocycles. The van der Waals surface area contributed by atoms with Crippen LogP contribution < -0.4 is 10.3 Å². The van der Waals surface area contributed by atoms with E-state index >= 15 is 0 Å². The Labute approximate surface area is 190 Å². The Morgan fingerprint density at radius 3 is 2.27 bits per heavy atom. The van der Waals surface area contributed by atoms with E-state index in [-0.39, 0.29) is 17.1 Å². The minimum absolute atomic E-state index is 0.0154. The van der Waals surface area contributed by atoms with Crippen molar-refractivity contribution in [3.63, 3.8) is 0 Å². The van der Waals surface area contributed by atoms with Crippen LogP contribution >= 0.6 is 0 Å². The van der Waals surface area contributed by atoms with Crippen LogP contribution in [0.5, 0.6) is 0 Å². The highest BCUT2D eigenvalue weighted by atomic mass is 32.2. The van der Waals surface area contributed by atoms with Crippen molar-refractivity contribution in [3.05, 3.63) is 105 Å². The van der Waals surface area contributed by atoms with E-state index in [2.05, 4.69) is 4.72 Å². The number of rotatable bonds is 6. The van der Waals surface area contributed by atoms with Crippen LogP contribution in [-0.2, 0) is 21.4 Å². The first-order valence-electron chi connectivity index (χ1n) is 10.1. The molecule has 0 aliphatic carbocycles. The molecule has 0 fully saturated rings. The molecule has 0 unspecified atom stereocenters. The molecule has 33 heavy (non-hydrogen) atoms. The number of nitrogens with one attached hydrogen (secondary N) is 1. The lowest BCUT2D eigenvalue weighted by Gasteiger charge is -2.10. The maximum Gasteiger partial charge on any atom is 0.338 e. The molecule has 1 aromatic heterocycles. The summed E-state index contributed by atoms with van der Waals surface area (Å²) in [6.45, 7) is 3.66. The van der Waals surface area contributed by atoms with Crippen LogP contribution in [0, 0.1) is 13.8 Å². The van der Waals surface area contributed by atoms with Crippen molar-refractivity contribution in [2.24, 2.45) is 0 Å². The lowest BCUT2D eigenvalue weighted by molar-refractivity contribution is 0.0473. The molecule has 3 aromatic carbocycles. The first-order valence-corrected chi connectivity index (χ1v) is 11.6. The number of ether oxygens (including phenoxy) is 1. The van der Waals surface area contributed by atoms with Gasteiger partial charge in [-0.3, -0.25) is 4.72 Å². The topological polar surface area (TPSA) is 103 Å². The number of esters is 1. The first kappa shape index (κ1) is 22.3. The summed E-state index contributed by atoms with van der Waals surface area (Å²) in [4.78, 5) is 24.3. The van der Waals surface area contributed by atoms with E-state index in [1.165, 1.54) is 30.3 Å². The van der Waals surface area contributed by atoms with Gasteiger partial charge in [0.05, 0.1) is 10.5 Å². The molecule has 1 N–H and O–H groups in total. The summed E-state index contributed by atoms with van der Waals surface area (Å²) in [5.41, 5.74) is 2.99. The first-order chi connectivity index (χ1) is 15.7. The van der Waals surface area contributed by atoms with Crippen molar-refractivity contribution in [2.45, 2.75) is 25.3 Å². The molecule has 0 bridgehead atoms. The predicted octanol–water partition coefficient (Wildman–Crippen LogP) is 4.57. The van der Waals surface area contributed by atoms with Crippen LogP contribution in [-0.4, -0.2) is 14.4 Å². The van der Waals surface area contributed by atoms with Gasteiger partial charge >= 0.3 is 11.6 Å². The summed E-state index contributed by atoms with van der Waals surface area (Å²) in [6, 6.07) is 19.1. The summed E-state index contributed by atoms with van der Waals surface area (Å²) in [5.74, 6) is -0.640. The highest BCUT2D eigenvalue weighted by molar-refractivity contribution is 7.92. The fraction of sp³-hybridized carbons (Fsp3) is 0.120. The third-order valence-electron chi connectivity index (χ3n) is 5.05. The van der Waals surface area contributed by atoms with Gasteiger partial charge in [-0.2, -0.15) is 0 Å². The summed E-state index contributed by atoms with van der Waals surface area (Å²) in [6.07, 6.45) is 0. The lowest BCUT2D eigenvalue weighted by atomic mass is 10.1. The number of fused-ring (bicyclic) bond motifs is 1. The molecule has 0 atom stereocenters. The van der Waals surface area contributed by atoms with Gasteiger partial charge in [-0.15, -0.1) is 0 Å². The van der Waals surface area contributed by atoms with E-state index in [1.807, 2.05) is 19.9 Å². The van der Waals surface area contributed by atoms with Gasteiger partial charge in [0.2, 0.25) is 0 Å². The van der Waals surface area contributed by atoms with Crippen molar-refractivity contribution in [1.29, 1.82) is 0 Å². The average molecular weight is 464 g/mol. The van der Waals surface area contributed by atoms with Crippen molar-refractivity contribution in [3.8, 4) is 0 Å². The second-order valence-electron chi connectivity index (χ2n) is 7.66. The standard InChI is InChI=1S/C25H21NO6S/c1-16-3-8-20(9-4-16)26-33(29,30)21-10-6-18(7-11-21)25(28)31-15-19-14-24(27)32-23-13-17(2)5-12-22(19)23/h3-14,26H,15H2,1-2H3. The van der Waals surface area contributed by atoms with Gasteiger partial charge in [-0.25, -0.2) is 18.0 Å². The van der Waals surface area contributed by atoms with Crippen LogP contribution in [0.3, 0.4) is 0 Å². The molecule has 0 aliphatic rings. The number of aryl methyl sites for hydroxylation is 2. The highest BCUT2D eigenvalue weighted by Gasteiger charge is 2.16. The van der Waals surface area contributed by atoms with E-state index in [1.54, 1.807) is 36.4 Å². The summed E-state index contributed by atoms with van der Waals surface area (Å²) in [5, 5.41) is 0.677. The fourth-order valence-electron chi connectivity index (χ4n) is 3.29. The summed E-state index contributed by atoms with van der Waals surface area (Å²) < 4.78 is 38.3. The second-order valence-corrected chi connectivity index (χ2v) is 9.34. The average Bonchev–Trinajstić information content (AvgIpc) is 2.78. The van der Waals surface area contributed by atoms with E-state index in [4.69, 9.17) is 9.15 Å². The minimum Gasteiger partial charge on any atom is -0.457 e. The van der Waals surface area contributed by atoms with Gasteiger partial charge in [0.15, 0.2) is 0 Å². The fourth-order valence-corrected chi connectivity index (χ4v) is 4.35. The Morgan fingerprint density at radius 1 is 0.909 bits per heavy atom. The maximum atomic E-state index is 12.6. The van der Waals surface area contributed by atoms with Crippen LogP contribution in [0.15, 0.2) is 86.9 Å². The van der Waals surface area contributed by atoms with Gasteiger partial charge in [-0.1, -0.05) is 29.8 Å². The van der Waals surface area contributed by atoms with Crippen molar-refractivity contribution in [2.75, 3.05) is 4.72 Å². The molecule has 4 rings (SSSR count). The van der Waals surface area contributed by atoms with Crippen LogP contribution in [0.1, 0.15) is 27.0 Å². The van der Waals surface area contributed by atoms with E-state index in [0.717, 1.165) is 11.1 Å². The third-order valence-corrected chi connectivity index (χ3v) is 6.45. The zero-order valence-corrected chi connectivity index (χ0v) is 18.8. The van der Waals surface area contributed by atoms with Gasteiger partial charge < -0.3 is 9.15 Å². The second kappa shape index (κ2) is 8.91. The van der Waals surface area contributed by atoms with E-state index in [0.29, 0.717) is 22.2 Å². The molecule has 0 amide bonds. The smallest absolute Gasteiger partial charge is 0.338 e. The van der Waals surface area contributed by atoms with Crippen molar-refractivity contribution >= 4 is 32.6 Å². The zero-order valence-electron chi connectivity index (χ0n) is 18.0. The molecule has 0 aliphatic heterocycles. The number of benzene rings is 3. The third kappa shape index (κ3) is 5.12. The molecular weight excluding hydrogens is 442 g/mol. The van der Waals surface area contributed by atoms with Gasteiger partial charge in [0.25, 0.3) is 10.0 Å². The number of sulfonamides is 1. The minimum atomic E-state index is -3.80. The quantitative estimate of drug-likeness (QED) is 0.332. The molecule has 8 heteroatoms. The summed E-state index contributed by atoms with van der Waals surface area (Å²) >= 11 is 0. The number of hydrogen-bond acceptors (Lipinski definition) is 6. The van der Waals surface area contributed by atoms with Gasteiger partial charge in [0.1, 0.15) is 12.2 Å². The van der Waals surface area contributed by atoms with Crippen molar-refractivity contribution in [1.82, 2.24) is 0 Å². The van der Waals surface area contributed by atoms with Gasteiger partial charge in [0, 0.05) is 22.7 Å². The highest BCUT2D eigenvalue weighted by Crippen LogP contribution is 2.21. The summed E-state index contributed by atoms with van der Waals surface area (Å²) in [7, 11) is -3.80. The van der Waals surface area contributed by atoms with E-state index in [9.17, 15) is 18.0 Å². The zero-order chi connectivity index (χ0) is 23.6. The lowest BCUT2D eigenvalue weighted by Crippen LogP contribution is -2.13. The molecule has 0 radical (unpaired) electrons. The van der Waals surface area contributed by atoms with Gasteiger partial charge in [-0.05, 0) is 61.9 Å². The normalized spacial score (nSPS) is 11.3. The number of anilines is 1. The Morgan fingerprint density at radius 2 is 1.58 bits per heavy atom. The number of hydrogen-bond donors (Lipinski definition) is 1. The molecular formula is C25H21NO6S. The maximum absolute atomic E-state index is 12.6. The van der Waals surface area contributed by atoms with Crippen LogP contribution in [0.25, 0.3) is 11.0 Å². The molecule has 168 valence electrons. The molecule has 1 heterocycles. The Bertz CT molecular complexity index is 1490. The molecule has 0 saturated carbocycles.